The Hall–Kier alpha value is -1.54. The summed E-state index contributed by atoms with van der Waals surface area (Å²) in [6, 6.07) is 0.708. The molecule has 2 amide bonds. The van der Waals surface area contributed by atoms with Crippen molar-refractivity contribution in [2.24, 2.45) is 0 Å². The van der Waals surface area contributed by atoms with E-state index in [-0.39, 0.29) is 17.9 Å². The van der Waals surface area contributed by atoms with Crippen molar-refractivity contribution in [3.05, 3.63) is 5.51 Å². The summed E-state index contributed by atoms with van der Waals surface area (Å²) in [4.78, 5) is 28.0. The summed E-state index contributed by atoms with van der Waals surface area (Å²) in [6.45, 7) is 3.64. The molecule has 7 nitrogen and oxygen atoms in total. The van der Waals surface area contributed by atoms with Gasteiger partial charge in [0.1, 0.15) is 5.51 Å². The van der Waals surface area contributed by atoms with Crippen LogP contribution in [0.1, 0.15) is 32.6 Å². The second-order valence-electron chi connectivity index (χ2n) is 5.96. The number of carbonyl (C=O) groups excluding carboxylic acids is 2. The molecule has 1 aliphatic carbocycles. The molecule has 3 rings (SSSR count). The molecule has 2 heterocycles. The summed E-state index contributed by atoms with van der Waals surface area (Å²) in [5.41, 5.74) is 1.59. The van der Waals surface area contributed by atoms with E-state index in [4.69, 9.17) is 0 Å². The molecular formula is C14H21N5O2S. The van der Waals surface area contributed by atoms with Crippen molar-refractivity contribution in [3.8, 4) is 0 Å². The summed E-state index contributed by atoms with van der Waals surface area (Å²) in [7, 11) is 0. The third-order valence-electron chi connectivity index (χ3n) is 4.25. The van der Waals surface area contributed by atoms with Crippen LogP contribution in [-0.2, 0) is 9.59 Å². The zero-order valence-electron chi connectivity index (χ0n) is 12.7. The number of hydrogen-bond acceptors (Lipinski definition) is 6. The lowest BCUT2D eigenvalue weighted by molar-refractivity contribution is -0.130. The highest BCUT2D eigenvalue weighted by molar-refractivity contribution is 7.13. The van der Waals surface area contributed by atoms with E-state index in [1.165, 1.54) is 11.3 Å². The first-order valence-corrected chi connectivity index (χ1v) is 8.58. The first-order chi connectivity index (χ1) is 10.6. The minimum Gasteiger partial charge on any atom is -0.338 e. The molecule has 0 bridgehead atoms. The van der Waals surface area contributed by atoms with Crippen LogP contribution in [0.15, 0.2) is 5.51 Å². The summed E-state index contributed by atoms with van der Waals surface area (Å²) in [6.07, 6.45) is 4.35. The largest absolute Gasteiger partial charge is 0.338 e. The molecule has 1 saturated carbocycles. The molecule has 2 aliphatic rings. The van der Waals surface area contributed by atoms with Crippen molar-refractivity contribution in [2.75, 3.05) is 25.0 Å². The van der Waals surface area contributed by atoms with Gasteiger partial charge >= 0.3 is 0 Å². The van der Waals surface area contributed by atoms with Gasteiger partial charge in [0.05, 0.1) is 6.54 Å². The lowest BCUT2D eigenvalue weighted by Crippen LogP contribution is -2.45. The van der Waals surface area contributed by atoms with E-state index < -0.39 is 0 Å². The number of carbonyl (C=O) groups is 2. The molecule has 8 heteroatoms. The van der Waals surface area contributed by atoms with Gasteiger partial charge in [0.2, 0.25) is 16.9 Å². The average molecular weight is 323 g/mol. The molecule has 1 aliphatic heterocycles. The molecule has 0 spiro atoms. The Morgan fingerprint density at radius 1 is 1.45 bits per heavy atom. The molecule has 0 aromatic carbocycles. The van der Waals surface area contributed by atoms with Gasteiger partial charge in [0.15, 0.2) is 0 Å². The Morgan fingerprint density at radius 3 is 2.91 bits per heavy atom. The van der Waals surface area contributed by atoms with E-state index in [1.807, 2.05) is 4.90 Å². The Kier molecular flexibility index (Phi) is 4.68. The zero-order valence-corrected chi connectivity index (χ0v) is 13.5. The van der Waals surface area contributed by atoms with Crippen LogP contribution in [-0.4, -0.2) is 63.5 Å². The van der Waals surface area contributed by atoms with Crippen molar-refractivity contribution in [1.82, 2.24) is 20.0 Å². The Labute approximate surface area is 133 Å². The molecule has 2 fully saturated rings. The summed E-state index contributed by atoms with van der Waals surface area (Å²) in [5.74, 6) is 0.0807. The summed E-state index contributed by atoms with van der Waals surface area (Å²) >= 11 is 1.31. The van der Waals surface area contributed by atoms with E-state index in [0.717, 1.165) is 38.8 Å². The number of aromatic nitrogens is 2. The third kappa shape index (κ3) is 3.80. The number of hydrogen-bond donors (Lipinski definition) is 1. The van der Waals surface area contributed by atoms with Gasteiger partial charge in [-0.3, -0.25) is 19.8 Å². The molecule has 0 radical (unpaired) electrons. The second kappa shape index (κ2) is 6.70. The van der Waals surface area contributed by atoms with Crippen LogP contribution in [0.25, 0.3) is 0 Å². The quantitative estimate of drug-likeness (QED) is 0.843. The smallest absolute Gasteiger partial charge is 0.240 e. The van der Waals surface area contributed by atoms with Gasteiger partial charge in [-0.2, -0.15) is 0 Å². The van der Waals surface area contributed by atoms with Gasteiger partial charge in [0.25, 0.3) is 0 Å². The molecule has 1 atom stereocenters. The number of amides is 2. The van der Waals surface area contributed by atoms with E-state index in [0.29, 0.717) is 17.7 Å². The van der Waals surface area contributed by atoms with Crippen LogP contribution in [0.5, 0.6) is 0 Å². The Morgan fingerprint density at radius 2 is 2.27 bits per heavy atom. The molecule has 0 unspecified atom stereocenters. The molecule has 1 saturated heterocycles. The lowest BCUT2D eigenvalue weighted by Gasteiger charge is -2.30. The minimum absolute atomic E-state index is 0.0653. The fourth-order valence-corrected chi connectivity index (χ4v) is 3.49. The first kappa shape index (κ1) is 15.4. The highest BCUT2D eigenvalue weighted by Crippen LogP contribution is 2.29. The van der Waals surface area contributed by atoms with Crippen molar-refractivity contribution >= 4 is 28.3 Å². The minimum atomic E-state index is -0.0653. The van der Waals surface area contributed by atoms with E-state index in [1.54, 1.807) is 12.4 Å². The standard InChI is InChI=1S/C14H21N5O2S/c1-10(20)19(11-4-5-11)7-12-3-2-6-18(12)8-13(21)16-14-17-15-9-22-14/h9,11-12H,2-8H2,1H3,(H,16,17,21)/t12-/m1/s1. The SMILES string of the molecule is CC(=O)N(C[C@H]1CCCN1CC(=O)Nc1nncs1)C1CC1. The zero-order chi connectivity index (χ0) is 15.5. The van der Waals surface area contributed by atoms with Crippen LogP contribution >= 0.6 is 11.3 Å². The lowest BCUT2D eigenvalue weighted by atomic mass is 10.2. The fraction of sp³-hybridized carbons (Fsp3) is 0.714. The topological polar surface area (TPSA) is 78.4 Å². The molecule has 22 heavy (non-hydrogen) atoms. The van der Waals surface area contributed by atoms with Crippen LogP contribution in [0.3, 0.4) is 0 Å². The average Bonchev–Trinajstić information content (AvgIpc) is 3.00. The third-order valence-corrected chi connectivity index (χ3v) is 4.86. The number of rotatable bonds is 6. The van der Waals surface area contributed by atoms with Crippen LogP contribution < -0.4 is 5.32 Å². The number of anilines is 1. The van der Waals surface area contributed by atoms with Crippen molar-refractivity contribution in [2.45, 2.75) is 44.7 Å². The van der Waals surface area contributed by atoms with Gasteiger partial charge in [-0.1, -0.05) is 11.3 Å². The highest BCUT2D eigenvalue weighted by atomic mass is 32.1. The normalized spacial score (nSPS) is 21.8. The maximum absolute atomic E-state index is 12.1. The van der Waals surface area contributed by atoms with E-state index in [9.17, 15) is 9.59 Å². The summed E-state index contributed by atoms with van der Waals surface area (Å²) in [5, 5.41) is 10.8. The Balaban J connectivity index is 1.53. The van der Waals surface area contributed by atoms with Crippen LogP contribution in [0.2, 0.25) is 0 Å². The molecule has 1 aromatic rings. The van der Waals surface area contributed by atoms with Crippen molar-refractivity contribution < 1.29 is 9.59 Å². The maximum atomic E-state index is 12.1. The van der Waals surface area contributed by atoms with Gasteiger partial charge in [-0.05, 0) is 32.2 Å². The second-order valence-corrected chi connectivity index (χ2v) is 6.79. The number of likely N-dealkylation sites (tertiary alicyclic amines) is 1. The predicted molar refractivity (Wildman–Crippen MR) is 83.5 cm³/mol. The fourth-order valence-electron chi connectivity index (χ4n) is 3.03. The molecule has 120 valence electrons. The maximum Gasteiger partial charge on any atom is 0.240 e. The van der Waals surface area contributed by atoms with Gasteiger partial charge in [0, 0.05) is 25.6 Å². The number of nitrogens with zero attached hydrogens (tertiary/aromatic N) is 4. The predicted octanol–water partition coefficient (Wildman–Crippen LogP) is 0.952. The van der Waals surface area contributed by atoms with Crippen molar-refractivity contribution in [3.63, 3.8) is 0 Å². The van der Waals surface area contributed by atoms with Crippen LogP contribution in [0.4, 0.5) is 5.13 Å². The highest BCUT2D eigenvalue weighted by Gasteiger charge is 2.35. The molecular weight excluding hydrogens is 302 g/mol. The van der Waals surface area contributed by atoms with E-state index >= 15 is 0 Å². The first-order valence-electron chi connectivity index (χ1n) is 7.71. The van der Waals surface area contributed by atoms with Crippen LogP contribution in [0, 0.1) is 0 Å². The van der Waals surface area contributed by atoms with Gasteiger partial charge in [-0.25, -0.2) is 0 Å². The molecule has 1 N–H and O–H groups in total. The summed E-state index contributed by atoms with van der Waals surface area (Å²) < 4.78 is 0. The van der Waals surface area contributed by atoms with Gasteiger partial charge < -0.3 is 4.90 Å². The van der Waals surface area contributed by atoms with E-state index in [2.05, 4.69) is 20.4 Å². The number of nitrogens with one attached hydrogen (secondary N) is 1. The monoisotopic (exact) mass is 323 g/mol. The Bertz CT molecular complexity index is 531. The van der Waals surface area contributed by atoms with Crippen molar-refractivity contribution in [1.29, 1.82) is 0 Å². The molecule has 1 aromatic heterocycles. The van der Waals surface area contributed by atoms with Gasteiger partial charge in [-0.15, -0.1) is 10.2 Å².